The molecular weight excluding hydrogens is 285 g/mol. The molecule has 0 bridgehead atoms. The third kappa shape index (κ3) is 6.17. The summed E-state index contributed by atoms with van der Waals surface area (Å²) in [5.74, 6) is -0.493. The molecule has 1 aromatic carbocycles. The summed E-state index contributed by atoms with van der Waals surface area (Å²) in [4.78, 5) is 13.5. The third-order valence-electron chi connectivity index (χ3n) is 2.74. The van der Waals surface area contributed by atoms with Crippen molar-refractivity contribution in [3.05, 3.63) is 29.8 Å². The fraction of sp³-hybridized carbons (Fsp3) is 0.429. The van der Waals surface area contributed by atoms with Crippen LogP contribution in [0.2, 0.25) is 0 Å². The maximum atomic E-state index is 12.0. The van der Waals surface area contributed by atoms with Gasteiger partial charge in [-0.25, -0.2) is 0 Å². The number of halogens is 3. The Labute approximate surface area is 120 Å². The lowest BCUT2D eigenvalue weighted by atomic mass is 10.1. The molecule has 1 amide bonds. The molecule has 0 unspecified atom stereocenters. The Hall–Kier alpha value is -2.23. The number of likely N-dealkylation sites (N-methyl/N-ethyl adjacent to an activating group) is 1. The second-order valence-electron chi connectivity index (χ2n) is 4.25. The first-order valence-corrected chi connectivity index (χ1v) is 6.35. The molecule has 0 aliphatic heterocycles. The minimum atomic E-state index is -4.73. The zero-order chi connectivity index (χ0) is 15.9. The Bertz CT molecular complexity index is 506. The van der Waals surface area contributed by atoms with Crippen molar-refractivity contribution in [2.75, 3.05) is 13.1 Å². The molecule has 0 aliphatic rings. The summed E-state index contributed by atoms with van der Waals surface area (Å²) in [6.45, 7) is 2.63. The molecule has 21 heavy (non-hydrogen) atoms. The molecule has 0 saturated carbocycles. The fourth-order valence-corrected chi connectivity index (χ4v) is 1.74. The highest BCUT2D eigenvalue weighted by atomic mass is 19.4. The zero-order valence-electron chi connectivity index (χ0n) is 11.5. The Morgan fingerprint density at radius 3 is 2.43 bits per heavy atom. The quantitative estimate of drug-likeness (QED) is 0.811. The Morgan fingerprint density at radius 2 is 1.95 bits per heavy atom. The summed E-state index contributed by atoms with van der Waals surface area (Å²) < 4.78 is 39.8. The van der Waals surface area contributed by atoms with Crippen LogP contribution in [-0.4, -0.2) is 30.3 Å². The average molecular weight is 300 g/mol. The van der Waals surface area contributed by atoms with Crippen LogP contribution in [-0.2, 0) is 11.2 Å². The number of alkyl halides is 3. The Kier molecular flexibility index (Phi) is 6.03. The average Bonchev–Trinajstić information content (AvgIpc) is 2.40. The summed E-state index contributed by atoms with van der Waals surface area (Å²) in [6, 6.07) is 7.13. The monoisotopic (exact) mass is 300 g/mol. The van der Waals surface area contributed by atoms with E-state index in [0.717, 1.165) is 0 Å². The number of amides is 1. The highest BCUT2D eigenvalue weighted by Gasteiger charge is 2.30. The van der Waals surface area contributed by atoms with Gasteiger partial charge < -0.3 is 9.64 Å². The van der Waals surface area contributed by atoms with Gasteiger partial charge in [-0.1, -0.05) is 12.1 Å². The molecule has 1 aromatic rings. The lowest BCUT2D eigenvalue weighted by Gasteiger charge is -2.19. The lowest BCUT2D eigenvalue weighted by molar-refractivity contribution is -0.274. The van der Waals surface area contributed by atoms with E-state index in [1.807, 2.05) is 6.07 Å². The molecule has 1 rings (SSSR count). The molecule has 0 spiro atoms. The van der Waals surface area contributed by atoms with Crippen LogP contribution < -0.4 is 4.74 Å². The molecule has 0 fully saturated rings. The van der Waals surface area contributed by atoms with Crippen LogP contribution in [0.3, 0.4) is 0 Å². The number of ether oxygens (including phenoxy) is 1. The first kappa shape index (κ1) is 16.8. The van der Waals surface area contributed by atoms with Crippen molar-refractivity contribution >= 4 is 5.91 Å². The van der Waals surface area contributed by atoms with Crippen molar-refractivity contribution in [3.8, 4) is 11.8 Å². The van der Waals surface area contributed by atoms with Gasteiger partial charge in [-0.2, -0.15) is 5.26 Å². The van der Waals surface area contributed by atoms with Gasteiger partial charge >= 0.3 is 6.36 Å². The number of hydrogen-bond donors (Lipinski definition) is 0. The van der Waals surface area contributed by atoms with E-state index in [0.29, 0.717) is 18.7 Å². The maximum Gasteiger partial charge on any atom is 0.573 e. The van der Waals surface area contributed by atoms with Crippen molar-refractivity contribution < 1.29 is 22.7 Å². The van der Waals surface area contributed by atoms with Gasteiger partial charge in [0.05, 0.1) is 18.9 Å². The topological polar surface area (TPSA) is 53.3 Å². The SMILES string of the molecule is CCN(CCC#N)C(=O)Cc1ccc(OC(F)(F)F)cc1. The summed E-state index contributed by atoms with van der Waals surface area (Å²) >= 11 is 0. The summed E-state index contributed by atoms with van der Waals surface area (Å²) in [5, 5.41) is 8.51. The van der Waals surface area contributed by atoms with Crippen LogP contribution in [0.5, 0.6) is 5.75 Å². The van der Waals surface area contributed by atoms with Gasteiger partial charge in [-0.05, 0) is 24.6 Å². The van der Waals surface area contributed by atoms with Crippen molar-refractivity contribution in [3.63, 3.8) is 0 Å². The van der Waals surface area contributed by atoms with Gasteiger partial charge in [0.1, 0.15) is 5.75 Å². The van der Waals surface area contributed by atoms with E-state index in [-0.39, 0.29) is 24.5 Å². The number of carbonyl (C=O) groups is 1. The van der Waals surface area contributed by atoms with E-state index in [2.05, 4.69) is 4.74 Å². The normalized spacial score (nSPS) is 10.8. The van der Waals surface area contributed by atoms with Crippen LogP contribution in [0.25, 0.3) is 0 Å². The smallest absolute Gasteiger partial charge is 0.406 e. The number of hydrogen-bond acceptors (Lipinski definition) is 3. The summed E-state index contributed by atoms with van der Waals surface area (Å²) in [7, 11) is 0. The van der Waals surface area contributed by atoms with E-state index < -0.39 is 6.36 Å². The van der Waals surface area contributed by atoms with E-state index in [1.54, 1.807) is 6.92 Å². The molecule has 0 saturated heterocycles. The third-order valence-corrected chi connectivity index (χ3v) is 2.74. The van der Waals surface area contributed by atoms with Crippen molar-refractivity contribution in [1.29, 1.82) is 5.26 Å². The molecule has 0 atom stereocenters. The summed E-state index contributed by atoms with van der Waals surface area (Å²) in [6.07, 6.45) is -4.41. The molecule has 0 aromatic heterocycles. The molecule has 0 radical (unpaired) electrons. The van der Waals surface area contributed by atoms with E-state index in [1.165, 1.54) is 29.2 Å². The van der Waals surface area contributed by atoms with Crippen LogP contribution >= 0.6 is 0 Å². The van der Waals surface area contributed by atoms with Gasteiger partial charge in [0.25, 0.3) is 0 Å². The predicted molar refractivity (Wildman–Crippen MR) is 69.3 cm³/mol. The molecule has 0 heterocycles. The van der Waals surface area contributed by atoms with E-state index in [9.17, 15) is 18.0 Å². The fourth-order valence-electron chi connectivity index (χ4n) is 1.74. The van der Waals surface area contributed by atoms with Crippen LogP contribution in [0.4, 0.5) is 13.2 Å². The van der Waals surface area contributed by atoms with Crippen LogP contribution in [0, 0.1) is 11.3 Å². The van der Waals surface area contributed by atoms with Crippen molar-refractivity contribution in [2.24, 2.45) is 0 Å². The second-order valence-corrected chi connectivity index (χ2v) is 4.25. The van der Waals surface area contributed by atoms with Gasteiger partial charge in [0.2, 0.25) is 5.91 Å². The standard InChI is InChI=1S/C14H15F3N2O2/c1-2-19(9-3-8-18)13(20)10-11-4-6-12(7-5-11)21-14(15,16)17/h4-7H,2-3,9-10H2,1H3. The number of benzene rings is 1. The molecule has 114 valence electrons. The largest absolute Gasteiger partial charge is 0.573 e. The van der Waals surface area contributed by atoms with Crippen LogP contribution in [0.1, 0.15) is 18.9 Å². The van der Waals surface area contributed by atoms with E-state index in [4.69, 9.17) is 5.26 Å². The van der Waals surface area contributed by atoms with Crippen LogP contribution in [0.15, 0.2) is 24.3 Å². The number of nitriles is 1. The molecule has 7 heteroatoms. The highest BCUT2D eigenvalue weighted by Crippen LogP contribution is 2.22. The lowest BCUT2D eigenvalue weighted by Crippen LogP contribution is -2.32. The zero-order valence-corrected chi connectivity index (χ0v) is 11.5. The van der Waals surface area contributed by atoms with Crippen molar-refractivity contribution in [2.45, 2.75) is 26.1 Å². The highest BCUT2D eigenvalue weighted by molar-refractivity contribution is 5.78. The van der Waals surface area contributed by atoms with Gasteiger partial charge in [0, 0.05) is 13.1 Å². The minimum Gasteiger partial charge on any atom is -0.406 e. The number of nitrogens with zero attached hydrogens (tertiary/aromatic N) is 2. The Balaban J connectivity index is 2.62. The summed E-state index contributed by atoms with van der Waals surface area (Å²) in [5.41, 5.74) is 0.588. The number of carbonyl (C=O) groups excluding carboxylic acids is 1. The molecule has 0 N–H and O–H groups in total. The van der Waals surface area contributed by atoms with Crippen molar-refractivity contribution in [1.82, 2.24) is 4.90 Å². The first-order chi connectivity index (χ1) is 9.85. The number of rotatable bonds is 6. The molecular formula is C14H15F3N2O2. The first-order valence-electron chi connectivity index (χ1n) is 6.35. The Morgan fingerprint density at radius 1 is 1.33 bits per heavy atom. The maximum absolute atomic E-state index is 12.0. The van der Waals surface area contributed by atoms with E-state index >= 15 is 0 Å². The minimum absolute atomic E-state index is 0.0750. The predicted octanol–water partition coefficient (Wildman–Crippen LogP) is 2.89. The van der Waals surface area contributed by atoms with Gasteiger partial charge in [-0.15, -0.1) is 13.2 Å². The van der Waals surface area contributed by atoms with Gasteiger partial charge in [-0.3, -0.25) is 4.79 Å². The molecule has 4 nitrogen and oxygen atoms in total. The molecule has 0 aliphatic carbocycles. The van der Waals surface area contributed by atoms with Gasteiger partial charge in [0.15, 0.2) is 0 Å². The second kappa shape index (κ2) is 7.53.